The van der Waals surface area contributed by atoms with Gasteiger partial charge in [-0.1, -0.05) is 12.1 Å². The van der Waals surface area contributed by atoms with Gasteiger partial charge in [-0.25, -0.2) is 4.39 Å². The number of amides is 2. The molecular formula is C18H26FN3O3. The molecule has 1 aromatic carbocycles. The Balaban J connectivity index is 1.89. The van der Waals surface area contributed by atoms with E-state index >= 15 is 0 Å². The highest BCUT2D eigenvalue weighted by Crippen LogP contribution is 2.17. The predicted octanol–water partition coefficient (Wildman–Crippen LogP) is 1.26. The number of benzene rings is 1. The van der Waals surface area contributed by atoms with Crippen molar-refractivity contribution in [3.63, 3.8) is 0 Å². The zero-order valence-corrected chi connectivity index (χ0v) is 15.0. The molecule has 1 fully saturated rings. The molecule has 7 heteroatoms. The van der Waals surface area contributed by atoms with Crippen LogP contribution in [0.3, 0.4) is 0 Å². The maximum Gasteiger partial charge on any atom is 0.238 e. The van der Waals surface area contributed by atoms with Gasteiger partial charge in [0.05, 0.1) is 13.0 Å². The van der Waals surface area contributed by atoms with Crippen LogP contribution in [0.15, 0.2) is 24.3 Å². The summed E-state index contributed by atoms with van der Waals surface area (Å²) in [6, 6.07) is 5.98. The maximum atomic E-state index is 13.5. The summed E-state index contributed by atoms with van der Waals surface area (Å²) < 4.78 is 18.8. The third kappa shape index (κ3) is 4.92. The summed E-state index contributed by atoms with van der Waals surface area (Å²) in [6.45, 7) is 5.76. The Morgan fingerprint density at radius 1 is 1.32 bits per heavy atom. The van der Waals surface area contributed by atoms with Crippen molar-refractivity contribution < 1.29 is 18.7 Å². The molecule has 1 saturated heterocycles. The van der Waals surface area contributed by atoms with Crippen molar-refractivity contribution in [3.05, 3.63) is 30.1 Å². The number of carbonyl (C=O) groups is 2. The fourth-order valence-corrected chi connectivity index (χ4v) is 3.01. The van der Waals surface area contributed by atoms with E-state index in [-0.39, 0.29) is 42.7 Å². The van der Waals surface area contributed by atoms with E-state index in [1.807, 2.05) is 13.8 Å². The topological polar surface area (TPSA) is 61.9 Å². The Labute approximate surface area is 147 Å². The minimum atomic E-state index is -0.444. The molecule has 0 bridgehead atoms. The van der Waals surface area contributed by atoms with Gasteiger partial charge in [0.25, 0.3) is 0 Å². The number of likely N-dealkylation sites (N-methyl/N-ethyl adjacent to an activating group) is 1. The van der Waals surface area contributed by atoms with Crippen molar-refractivity contribution in [3.8, 4) is 5.75 Å². The van der Waals surface area contributed by atoms with Crippen LogP contribution in [0.25, 0.3) is 0 Å². The van der Waals surface area contributed by atoms with Gasteiger partial charge in [0.15, 0.2) is 11.6 Å². The largest absolute Gasteiger partial charge is 0.490 e. The lowest BCUT2D eigenvalue weighted by Crippen LogP contribution is -2.61. The van der Waals surface area contributed by atoms with Crippen molar-refractivity contribution in [1.29, 1.82) is 0 Å². The number of hydrogen-bond donors (Lipinski definition) is 1. The summed E-state index contributed by atoms with van der Waals surface area (Å²) in [4.78, 5) is 28.3. The first kappa shape index (κ1) is 19.2. The SMILES string of the molecule is CNC(=O)[C@H]1CN(C(=O)CCOc2ccccc2F)CCN1C(C)C. The van der Waals surface area contributed by atoms with E-state index < -0.39 is 5.82 Å². The van der Waals surface area contributed by atoms with Crippen LogP contribution in [0.1, 0.15) is 20.3 Å². The predicted molar refractivity (Wildman–Crippen MR) is 92.8 cm³/mol. The number of nitrogens with zero attached hydrogens (tertiary/aromatic N) is 2. The standard InChI is InChI=1S/C18H26FN3O3/c1-13(2)22-10-9-21(12-15(22)18(24)20-3)17(23)8-11-25-16-7-5-4-6-14(16)19/h4-7,13,15H,8-12H2,1-3H3,(H,20,24)/t15-/m1/s1. The lowest BCUT2D eigenvalue weighted by molar-refractivity contribution is -0.139. The van der Waals surface area contributed by atoms with Gasteiger partial charge < -0.3 is 15.0 Å². The van der Waals surface area contributed by atoms with E-state index in [0.717, 1.165) is 0 Å². The summed E-state index contributed by atoms with van der Waals surface area (Å²) in [5, 5.41) is 2.66. The highest BCUT2D eigenvalue weighted by molar-refractivity contribution is 5.83. The smallest absolute Gasteiger partial charge is 0.238 e. The molecular weight excluding hydrogens is 325 g/mol. The molecule has 2 amide bonds. The third-order valence-electron chi connectivity index (χ3n) is 4.40. The molecule has 25 heavy (non-hydrogen) atoms. The van der Waals surface area contributed by atoms with E-state index in [2.05, 4.69) is 10.2 Å². The minimum Gasteiger partial charge on any atom is -0.490 e. The van der Waals surface area contributed by atoms with Crippen molar-refractivity contribution >= 4 is 11.8 Å². The summed E-state index contributed by atoms with van der Waals surface area (Å²) in [5.41, 5.74) is 0. The lowest BCUT2D eigenvalue weighted by atomic mass is 10.1. The zero-order valence-electron chi connectivity index (χ0n) is 15.0. The molecule has 0 unspecified atom stereocenters. The molecule has 0 radical (unpaired) electrons. The fraction of sp³-hybridized carbons (Fsp3) is 0.556. The van der Waals surface area contributed by atoms with Gasteiger partial charge in [0, 0.05) is 32.7 Å². The normalized spacial score (nSPS) is 18.3. The van der Waals surface area contributed by atoms with E-state index in [1.54, 1.807) is 24.1 Å². The molecule has 1 aliphatic rings. The van der Waals surface area contributed by atoms with E-state index in [1.165, 1.54) is 12.1 Å². The van der Waals surface area contributed by atoms with Crippen molar-refractivity contribution in [2.75, 3.05) is 33.3 Å². The lowest BCUT2D eigenvalue weighted by Gasteiger charge is -2.42. The van der Waals surface area contributed by atoms with Gasteiger partial charge >= 0.3 is 0 Å². The first-order chi connectivity index (χ1) is 11.9. The first-order valence-corrected chi connectivity index (χ1v) is 8.56. The zero-order chi connectivity index (χ0) is 18.4. The number of hydrogen-bond acceptors (Lipinski definition) is 4. The number of piperazine rings is 1. The Kier molecular flexibility index (Phi) is 6.75. The summed E-state index contributed by atoms with van der Waals surface area (Å²) in [6.07, 6.45) is 0.149. The van der Waals surface area contributed by atoms with Gasteiger partial charge in [0.1, 0.15) is 6.04 Å². The van der Waals surface area contributed by atoms with Gasteiger partial charge in [-0.3, -0.25) is 14.5 Å². The highest BCUT2D eigenvalue weighted by Gasteiger charge is 2.34. The number of halogens is 1. The van der Waals surface area contributed by atoms with Crippen molar-refractivity contribution in [2.24, 2.45) is 0 Å². The number of para-hydroxylation sites is 1. The summed E-state index contributed by atoms with van der Waals surface area (Å²) in [7, 11) is 1.60. The summed E-state index contributed by atoms with van der Waals surface area (Å²) in [5.74, 6) is -0.481. The molecule has 0 aromatic heterocycles. The second-order valence-corrected chi connectivity index (χ2v) is 6.33. The molecule has 2 rings (SSSR count). The molecule has 0 spiro atoms. The highest BCUT2D eigenvalue weighted by atomic mass is 19.1. The molecule has 1 aliphatic heterocycles. The first-order valence-electron chi connectivity index (χ1n) is 8.56. The number of rotatable bonds is 6. The van der Waals surface area contributed by atoms with Crippen molar-refractivity contribution in [1.82, 2.24) is 15.1 Å². The van der Waals surface area contributed by atoms with Gasteiger partial charge in [-0.05, 0) is 26.0 Å². The minimum absolute atomic E-state index is 0.0891. The second-order valence-electron chi connectivity index (χ2n) is 6.33. The van der Waals surface area contributed by atoms with Gasteiger partial charge in [-0.2, -0.15) is 0 Å². The molecule has 1 heterocycles. The summed E-state index contributed by atoms with van der Waals surface area (Å²) >= 11 is 0. The van der Waals surface area contributed by atoms with E-state index in [4.69, 9.17) is 4.74 Å². The average molecular weight is 351 g/mol. The number of nitrogens with one attached hydrogen (secondary N) is 1. The molecule has 0 aliphatic carbocycles. The molecule has 1 atom stereocenters. The van der Waals surface area contributed by atoms with E-state index in [0.29, 0.717) is 19.6 Å². The number of ether oxygens (including phenoxy) is 1. The van der Waals surface area contributed by atoms with Crippen LogP contribution in [0.5, 0.6) is 5.75 Å². The van der Waals surface area contributed by atoms with Crippen LogP contribution in [0.4, 0.5) is 4.39 Å². The Hall–Kier alpha value is -2.15. The third-order valence-corrected chi connectivity index (χ3v) is 4.40. The van der Waals surface area contributed by atoms with Crippen LogP contribution in [-0.2, 0) is 9.59 Å². The Bertz CT molecular complexity index is 609. The van der Waals surface area contributed by atoms with Crippen LogP contribution < -0.4 is 10.1 Å². The fourth-order valence-electron chi connectivity index (χ4n) is 3.01. The number of carbonyl (C=O) groups excluding carboxylic acids is 2. The Morgan fingerprint density at radius 2 is 2.04 bits per heavy atom. The molecule has 1 aromatic rings. The maximum absolute atomic E-state index is 13.5. The molecule has 6 nitrogen and oxygen atoms in total. The van der Waals surface area contributed by atoms with Crippen LogP contribution in [-0.4, -0.2) is 67.0 Å². The monoisotopic (exact) mass is 351 g/mol. The van der Waals surface area contributed by atoms with Crippen LogP contribution >= 0.6 is 0 Å². The van der Waals surface area contributed by atoms with Crippen LogP contribution in [0, 0.1) is 5.82 Å². The molecule has 138 valence electrons. The molecule has 0 saturated carbocycles. The van der Waals surface area contributed by atoms with Gasteiger partial charge in [0.2, 0.25) is 11.8 Å². The van der Waals surface area contributed by atoms with Crippen LogP contribution in [0.2, 0.25) is 0 Å². The molecule has 1 N–H and O–H groups in total. The second kappa shape index (κ2) is 8.80. The van der Waals surface area contributed by atoms with Crippen molar-refractivity contribution in [2.45, 2.75) is 32.4 Å². The van der Waals surface area contributed by atoms with E-state index in [9.17, 15) is 14.0 Å². The Morgan fingerprint density at radius 3 is 2.68 bits per heavy atom. The van der Waals surface area contributed by atoms with Gasteiger partial charge in [-0.15, -0.1) is 0 Å². The quantitative estimate of drug-likeness (QED) is 0.838. The average Bonchev–Trinajstić information content (AvgIpc) is 2.61.